The van der Waals surface area contributed by atoms with E-state index in [1.54, 1.807) is 38.4 Å². The number of thiophene rings is 1. The maximum absolute atomic E-state index is 12.4. The number of anilines is 2. The summed E-state index contributed by atoms with van der Waals surface area (Å²) in [5.74, 6) is -1.36. The van der Waals surface area contributed by atoms with Crippen molar-refractivity contribution in [2.45, 2.75) is 13.8 Å². The lowest BCUT2D eigenvalue weighted by Gasteiger charge is -2.09. The van der Waals surface area contributed by atoms with E-state index in [1.807, 2.05) is 0 Å². The number of nitrogens with one attached hydrogen (secondary N) is 2. The van der Waals surface area contributed by atoms with Gasteiger partial charge >= 0.3 is 11.9 Å². The molecule has 30 heavy (non-hydrogen) atoms. The maximum atomic E-state index is 12.4. The molecule has 0 radical (unpaired) electrons. The van der Waals surface area contributed by atoms with E-state index in [-0.39, 0.29) is 17.2 Å². The number of carbonyl (C=O) groups excluding carboxylic acids is 3. The van der Waals surface area contributed by atoms with Gasteiger partial charge in [0, 0.05) is 18.0 Å². The Labute approximate surface area is 180 Å². The van der Waals surface area contributed by atoms with Crippen molar-refractivity contribution in [1.29, 1.82) is 0 Å². The molecule has 11 heteroatoms. The zero-order chi connectivity index (χ0) is 21.7. The Hall–Kier alpha value is -3.18. The molecule has 0 unspecified atom stereocenters. The van der Waals surface area contributed by atoms with Crippen LogP contribution in [0.2, 0.25) is 0 Å². The minimum atomic E-state index is -0.658. The van der Waals surface area contributed by atoms with Gasteiger partial charge in [-0.25, -0.2) is 9.59 Å². The molecule has 0 aromatic carbocycles. The Morgan fingerprint density at radius 3 is 2.60 bits per heavy atom. The predicted molar refractivity (Wildman–Crippen MR) is 113 cm³/mol. The summed E-state index contributed by atoms with van der Waals surface area (Å²) < 4.78 is 19.7. The van der Waals surface area contributed by atoms with Crippen LogP contribution in [-0.4, -0.2) is 42.5 Å². The van der Waals surface area contributed by atoms with Crippen molar-refractivity contribution in [3.63, 3.8) is 0 Å². The van der Waals surface area contributed by atoms with Crippen LogP contribution in [0.1, 0.15) is 33.3 Å². The van der Waals surface area contributed by atoms with Crippen LogP contribution in [0.5, 0.6) is 0 Å². The first-order valence-corrected chi connectivity index (χ1v) is 10.5. The van der Waals surface area contributed by atoms with Gasteiger partial charge in [0.15, 0.2) is 6.61 Å². The smallest absolute Gasteiger partial charge is 0.343 e. The van der Waals surface area contributed by atoms with Gasteiger partial charge in [-0.15, -0.1) is 11.3 Å². The second-order valence-electron chi connectivity index (χ2n) is 5.90. The number of rotatable bonds is 8. The van der Waals surface area contributed by atoms with E-state index < -0.39 is 24.5 Å². The highest BCUT2D eigenvalue weighted by Gasteiger charge is 2.25. The molecule has 2 N–H and O–H groups in total. The minimum absolute atomic E-state index is 0.180. The zero-order valence-electron chi connectivity index (χ0n) is 16.4. The third kappa shape index (κ3) is 4.52. The summed E-state index contributed by atoms with van der Waals surface area (Å²) in [4.78, 5) is 37.1. The monoisotopic (exact) mass is 449 g/mol. The molecule has 3 aromatic heterocycles. The van der Waals surface area contributed by atoms with Crippen LogP contribution in [0.4, 0.5) is 10.0 Å². The van der Waals surface area contributed by atoms with E-state index in [4.69, 9.17) is 13.9 Å². The normalized spacial score (nSPS) is 10.5. The lowest BCUT2D eigenvalue weighted by Crippen LogP contribution is -2.22. The molecule has 0 bridgehead atoms. The topological polar surface area (TPSA) is 120 Å². The first-order chi connectivity index (χ1) is 14.5. The quantitative estimate of drug-likeness (QED) is 0.499. The van der Waals surface area contributed by atoms with Gasteiger partial charge in [0.1, 0.15) is 26.9 Å². The molecule has 0 aliphatic heterocycles. The van der Waals surface area contributed by atoms with Crippen LogP contribution < -0.4 is 10.6 Å². The lowest BCUT2D eigenvalue weighted by atomic mass is 10.1. The molecular weight excluding hydrogens is 430 g/mol. The molecule has 0 atom stereocenters. The van der Waals surface area contributed by atoms with E-state index in [0.29, 0.717) is 27.6 Å². The van der Waals surface area contributed by atoms with E-state index in [0.717, 1.165) is 22.9 Å². The molecule has 3 aromatic rings. The number of amides is 1. The highest BCUT2D eigenvalue weighted by atomic mass is 32.1. The van der Waals surface area contributed by atoms with Crippen LogP contribution in [0.25, 0.3) is 11.3 Å². The van der Waals surface area contributed by atoms with E-state index in [2.05, 4.69) is 15.0 Å². The average Bonchev–Trinajstić information content (AvgIpc) is 3.45. The van der Waals surface area contributed by atoms with Gasteiger partial charge in [-0.05, 0) is 37.5 Å². The highest BCUT2D eigenvalue weighted by Crippen LogP contribution is 2.36. The number of esters is 2. The molecule has 0 saturated heterocycles. The van der Waals surface area contributed by atoms with Crippen molar-refractivity contribution in [2.24, 2.45) is 0 Å². The molecule has 0 aliphatic carbocycles. The second kappa shape index (κ2) is 9.55. The van der Waals surface area contributed by atoms with Crippen molar-refractivity contribution in [1.82, 2.24) is 4.37 Å². The number of hydrogen-bond donors (Lipinski definition) is 2. The Balaban J connectivity index is 1.73. The molecule has 9 nitrogen and oxygen atoms in total. The molecule has 158 valence electrons. The van der Waals surface area contributed by atoms with Crippen LogP contribution in [-0.2, 0) is 14.3 Å². The summed E-state index contributed by atoms with van der Waals surface area (Å²) in [6, 6.07) is 3.40. The van der Waals surface area contributed by atoms with Crippen LogP contribution in [0, 0.1) is 6.92 Å². The Morgan fingerprint density at radius 1 is 1.17 bits per heavy atom. The SMILES string of the molecule is CCOC(=O)c1c(-c2ccco2)csc1NC(=O)COC(=O)c1c(C)nsc1NC. The number of furan rings is 1. The molecule has 0 aliphatic rings. The first-order valence-electron chi connectivity index (χ1n) is 8.89. The molecule has 3 heterocycles. The summed E-state index contributed by atoms with van der Waals surface area (Å²) in [6.07, 6.45) is 1.49. The number of ether oxygens (including phenoxy) is 2. The van der Waals surface area contributed by atoms with Gasteiger partial charge in [-0.1, -0.05) is 0 Å². The van der Waals surface area contributed by atoms with Crippen LogP contribution >= 0.6 is 22.9 Å². The molecule has 3 rings (SSSR count). The van der Waals surface area contributed by atoms with Crippen LogP contribution in [0.15, 0.2) is 28.2 Å². The molecule has 1 amide bonds. The maximum Gasteiger partial charge on any atom is 0.343 e. The van der Waals surface area contributed by atoms with Gasteiger partial charge in [-0.2, -0.15) is 4.37 Å². The summed E-state index contributed by atoms with van der Waals surface area (Å²) in [5, 5.41) is 8.00. The second-order valence-corrected chi connectivity index (χ2v) is 7.55. The molecular formula is C19H19N3O6S2. The fraction of sp³-hybridized carbons (Fsp3) is 0.263. The fourth-order valence-corrected chi connectivity index (χ4v) is 4.30. The van der Waals surface area contributed by atoms with Crippen molar-refractivity contribution < 1.29 is 28.3 Å². The Morgan fingerprint density at radius 2 is 1.93 bits per heavy atom. The largest absolute Gasteiger partial charge is 0.464 e. The number of nitrogens with zero attached hydrogens (tertiary/aromatic N) is 1. The summed E-state index contributed by atoms with van der Waals surface area (Å²) in [5.41, 5.74) is 1.50. The van der Waals surface area contributed by atoms with Gasteiger partial charge in [-0.3, -0.25) is 4.79 Å². The standard InChI is InChI=1S/C19H19N3O6S2/c1-4-26-19(25)15-11(12-6-5-7-27-12)9-29-17(15)21-13(23)8-28-18(24)14-10(2)22-30-16(14)20-3/h5-7,9,20H,4,8H2,1-3H3,(H,21,23). The summed E-state index contributed by atoms with van der Waals surface area (Å²) in [6.45, 7) is 3.03. The van der Waals surface area contributed by atoms with E-state index in [9.17, 15) is 14.4 Å². The summed E-state index contributed by atoms with van der Waals surface area (Å²) in [7, 11) is 1.67. The van der Waals surface area contributed by atoms with Crippen molar-refractivity contribution in [2.75, 3.05) is 30.9 Å². The Kier molecular flexibility index (Phi) is 6.85. The minimum Gasteiger partial charge on any atom is -0.464 e. The third-order valence-corrected chi connectivity index (χ3v) is 5.79. The van der Waals surface area contributed by atoms with Gasteiger partial charge in [0.25, 0.3) is 5.91 Å². The van der Waals surface area contributed by atoms with E-state index >= 15 is 0 Å². The van der Waals surface area contributed by atoms with Crippen LogP contribution in [0.3, 0.4) is 0 Å². The predicted octanol–water partition coefficient (Wildman–Crippen LogP) is 3.79. The van der Waals surface area contributed by atoms with E-state index in [1.165, 1.54) is 6.26 Å². The third-order valence-electron chi connectivity index (χ3n) is 3.94. The van der Waals surface area contributed by atoms with Gasteiger partial charge in [0.05, 0.1) is 18.6 Å². The fourth-order valence-electron chi connectivity index (χ4n) is 2.62. The van der Waals surface area contributed by atoms with Crippen molar-refractivity contribution >= 4 is 50.7 Å². The molecule has 0 spiro atoms. The Bertz CT molecular complexity index is 1050. The summed E-state index contributed by atoms with van der Waals surface area (Å²) >= 11 is 2.28. The number of carbonyl (C=O) groups is 3. The zero-order valence-corrected chi connectivity index (χ0v) is 18.1. The number of hydrogen-bond acceptors (Lipinski definition) is 10. The number of aromatic nitrogens is 1. The number of aryl methyl sites for hydroxylation is 1. The molecule has 0 fully saturated rings. The van der Waals surface area contributed by atoms with Gasteiger partial charge in [0.2, 0.25) is 0 Å². The molecule has 0 saturated carbocycles. The van der Waals surface area contributed by atoms with Gasteiger partial charge < -0.3 is 24.5 Å². The average molecular weight is 450 g/mol. The lowest BCUT2D eigenvalue weighted by molar-refractivity contribution is -0.119. The van der Waals surface area contributed by atoms with Crippen molar-refractivity contribution in [3.05, 3.63) is 40.6 Å². The van der Waals surface area contributed by atoms with Crippen molar-refractivity contribution in [3.8, 4) is 11.3 Å². The first kappa shape index (κ1) is 21.5. The highest BCUT2D eigenvalue weighted by molar-refractivity contribution is 7.15.